The molecule has 3 unspecified atom stereocenters. The van der Waals surface area contributed by atoms with Crippen molar-refractivity contribution in [3.63, 3.8) is 0 Å². The first kappa shape index (κ1) is 16.6. The van der Waals surface area contributed by atoms with Gasteiger partial charge in [-0.1, -0.05) is 0 Å². The maximum absolute atomic E-state index is 11.1. The molecule has 0 radical (unpaired) electrons. The van der Waals surface area contributed by atoms with Crippen LogP contribution >= 0.6 is 31.9 Å². The number of aliphatic hydroxyl groups is 1. The smallest absolute Gasteiger partial charge is 0.333 e. The number of aromatic nitrogens is 1. The minimum Gasteiger partial charge on any atom is -0.506 e. The number of hydrogen-bond donors (Lipinski definition) is 4. The quantitative estimate of drug-likeness (QED) is 0.572. The molecule has 0 bridgehead atoms. The molecule has 9 heteroatoms. The Morgan fingerprint density at radius 3 is 2.83 bits per heavy atom. The van der Waals surface area contributed by atoms with Gasteiger partial charge in [-0.3, -0.25) is 0 Å². The zero-order valence-corrected chi connectivity index (χ0v) is 14.8. The molecule has 0 saturated carbocycles. The van der Waals surface area contributed by atoms with E-state index in [1.807, 2.05) is 0 Å². The number of halogens is 2. The number of benzene rings is 1. The van der Waals surface area contributed by atoms with Gasteiger partial charge in [0.05, 0.1) is 26.0 Å². The van der Waals surface area contributed by atoms with Gasteiger partial charge in [0.15, 0.2) is 6.10 Å². The number of aliphatic hydroxyl groups excluding tert-OH is 1. The van der Waals surface area contributed by atoms with Gasteiger partial charge in [0.25, 0.3) is 0 Å². The highest BCUT2D eigenvalue weighted by Crippen LogP contribution is 2.43. The number of nitrogens with one attached hydrogen (secondary N) is 1. The van der Waals surface area contributed by atoms with Crippen LogP contribution in [-0.2, 0) is 9.53 Å². The highest BCUT2D eigenvalue weighted by Gasteiger charge is 2.34. The summed E-state index contributed by atoms with van der Waals surface area (Å²) in [6, 6.07) is 1.69. The molecule has 2 aromatic rings. The Balaban J connectivity index is 1.90. The summed E-state index contributed by atoms with van der Waals surface area (Å²) >= 11 is 6.55. The van der Waals surface area contributed by atoms with Gasteiger partial charge in [0.2, 0.25) is 6.29 Å². The van der Waals surface area contributed by atoms with E-state index in [1.165, 1.54) is 0 Å². The largest absolute Gasteiger partial charge is 0.506 e. The molecule has 1 aliphatic heterocycles. The average molecular weight is 451 g/mol. The number of carbonyl (C=O) groups is 1. The molecule has 0 spiro atoms. The maximum Gasteiger partial charge on any atom is 0.333 e. The first-order valence-corrected chi connectivity index (χ1v) is 8.36. The van der Waals surface area contributed by atoms with E-state index in [4.69, 9.17) is 14.6 Å². The monoisotopic (exact) mass is 449 g/mol. The Bertz CT molecular complexity index is 761. The number of ether oxygens (including phenoxy) is 2. The van der Waals surface area contributed by atoms with Gasteiger partial charge < -0.3 is 29.8 Å². The predicted molar refractivity (Wildman–Crippen MR) is 87.5 cm³/mol. The molecule has 4 N–H and O–H groups in total. The van der Waals surface area contributed by atoms with Gasteiger partial charge in [-0.25, -0.2) is 4.79 Å². The zero-order valence-electron chi connectivity index (χ0n) is 11.6. The third kappa shape index (κ3) is 3.18. The van der Waals surface area contributed by atoms with Crippen LogP contribution in [0, 0.1) is 0 Å². The van der Waals surface area contributed by atoms with Gasteiger partial charge in [-0.2, -0.15) is 0 Å². The molecule has 1 saturated heterocycles. The van der Waals surface area contributed by atoms with Crippen molar-refractivity contribution in [3.8, 4) is 11.5 Å². The molecular weight excluding hydrogens is 438 g/mol. The van der Waals surface area contributed by atoms with Crippen molar-refractivity contribution >= 4 is 48.7 Å². The van der Waals surface area contributed by atoms with Crippen molar-refractivity contribution in [2.45, 2.75) is 31.3 Å². The molecule has 1 aromatic heterocycles. The van der Waals surface area contributed by atoms with Crippen LogP contribution in [0.3, 0.4) is 0 Å². The Morgan fingerprint density at radius 2 is 2.13 bits per heavy atom. The fourth-order valence-electron chi connectivity index (χ4n) is 2.51. The number of fused-ring (bicyclic) bond motifs is 1. The van der Waals surface area contributed by atoms with E-state index < -0.39 is 24.5 Å². The number of aromatic amines is 1. The fraction of sp³-hybridized carbons (Fsp3) is 0.357. The lowest BCUT2D eigenvalue weighted by molar-refractivity contribution is -0.195. The van der Waals surface area contributed by atoms with Gasteiger partial charge in [-0.15, -0.1) is 0 Å². The molecule has 3 rings (SSSR count). The first-order valence-electron chi connectivity index (χ1n) is 6.78. The molecule has 23 heavy (non-hydrogen) atoms. The van der Waals surface area contributed by atoms with E-state index in [1.54, 1.807) is 12.3 Å². The molecule has 3 atom stereocenters. The number of aliphatic carboxylic acids is 1. The molecule has 1 fully saturated rings. The lowest BCUT2D eigenvalue weighted by atomic mass is 10.1. The standard InChI is InChI=1S/C14H13Br2NO6/c15-6-3-7-11(12(16)13(6)19)9(4-17-7)23-10-2-5(18)1-8(22-10)14(20)21/h3-5,8,10,17-19H,1-2H2,(H,20,21). The third-order valence-electron chi connectivity index (χ3n) is 3.60. The van der Waals surface area contributed by atoms with E-state index >= 15 is 0 Å². The van der Waals surface area contributed by atoms with Gasteiger partial charge in [-0.05, 0) is 37.9 Å². The second kappa shape index (κ2) is 6.31. The first-order chi connectivity index (χ1) is 10.9. The number of phenolic OH excluding ortho intramolecular Hbond substituents is 1. The lowest BCUT2D eigenvalue weighted by Crippen LogP contribution is -2.42. The minimum absolute atomic E-state index is 0.0231. The van der Waals surface area contributed by atoms with E-state index in [0.29, 0.717) is 25.6 Å². The summed E-state index contributed by atoms with van der Waals surface area (Å²) in [7, 11) is 0. The van der Waals surface area contributed by atoms with Crippen LogP contribution in [0.2, 0.25) is 0 Å². The lowest BCUT2D eigenvalue weighted by Gasteiger charge is -2.30. The summed E-state index contributed by atoms with van der Waals surface area (Å²) in [4.78, 5) is 14.1. The van der Waals surface area contributed by atoms with Crippen molar-refractivity contribution in [1.29, 1.82) is 0 Å². The number of H-pyrrole nitrogens is 1. The summed E-state index contributed by atoms with van der Waals surface area (Å²) in [5, 5.41) is 29.4. The minimum atomic E-state index is -1.14. The van der Waals surface area contributed by atoms with Crippen molar-refractivity contribution < 1.29 is 29.6 Å². The second-order valence-electron chi connectivity index (χ2n) is 5.23. The van der Waals surface area contributed by atoms with E-state index in [9.17, 15) is 15.0 Å². The van der Waals surface area contributed by atoms with E-state index in [2.05, 4.69) is 36.8 Å². The van der Waals surface area contributed by atoms with Crippen LogP contribution in [0.15, 0.2) is 21.2 Å². The SMILES string of the molecule is O=C(O)C1CC(O)CC(Oc2c[nH]c3cc(Br)c(O)c(Br)c23)O1. The Kier molecular flexibility index (Phi) is 4.54. The van der Waals surface area contributed by atoms with Crippen LogP contribution in [0.1, 0.15) is 12.8 Å². The summed E-state index contributed by atoms with van der Waals surface area (Å²) in [6.45, 7) is 0. The third-order valence-corrected chi connectivity index (χ3v) is 4.98. The van der Waals surface area contributed by atoms with Crippen molar-refractivity contribution in [1.82, 2.24) is 4.98 Å². The van der Waals surface area contributed by atoms with Crippen molar-refractivity contribution in [2.75, 3.05) is 0 Å². The van der Waals surface area contributed by atoms with E-state index in [-0.39, 0.29) is 18.6 Å². The number of aromatic hydroxyl groups is 1. The molecule has 0 amide bonds. The molecule has 2 heterocycles. The molecule has 0 aliphatic carbocycles. The molecular formula is C14H13Br2NO6. The molecule has 7 nitrogen and oxygen atoms in total. The number of rotatable bonds is 3. The number of phenols is 1. The number of hydrogen-bond acceptors (Lipinski definition) is 5. The molecule has 124 valence electrons. The van der Waals surface area contributed by atoms with Gasteiger partial charge >= 0.3 is 5.97 Å². The normalized spacial score (nSPS) is 24.7. The molecule has 1 aliphatic rings. The fourth-order valence-corrected chi connectivity index (χ4v) is 3.82. The van der Waals surface area contributed by atoms with Crippen molar-refractivity contribution in [2.24, 2.45) is 0 Å². The van der Waals surface area contributed by atoms with Crippen LogP contribution in [0.25, 0.3) is 10.9 Å². The average Bonchev–Trinajstić information content (AvgIpc) is 2.87. The summed E-state index contributed by atoms with van der Waals surface area (Å²) < 4.78 is 12.0. The predicted octanol–water partition coefficient (Wildman–Crippen LogP) is 2.73. The van der Waals surface area contributed by atoms with E-state index in [0.717, 1.165) is 0 Å². The number of carboxylic acids is 1. The van der Waals surface area contributed by atoms with Crippen LogP contribution in [0.4, 0.5) is 0 Å². The van der Waals surface area contributed by atoms with Gasteiger partial charge in [0, 0.05) is 19.0 Å². The highest BCUT2D eigenvalue weighted by molar-refractivity contribution is 9.11. The maximum atomic E-state index is 11.1. The summed E-state index contributed by atoms with van der Waals surface area (Å²) in [5.74, 6) is -0.730. The van der Waals surface area contributed by atoms with Crippen LogP contribution in [0.5, 0.6) is 11.5 Å². The molecule has 1 aromatic carbocycles. The van der Waals surface area contributed by atoms with Crippen LogP contribution < -0.4 is 4.74 Å². The van der Waals surface area contributed by atoms with Crippen molar-refractivity contribution in [3.05, 3.63) is 21.2 Å². The van der Waals surface area contributed by atoms with Gasteiger partial charge in [0.1, 0.15) is 11.5 Å². The summed E-state index contributed by atoms with van der Waals surface area (Å²) in [5.41, 5.74) is 0.711. The Morgan fingerprint density at radius 1 is 1.39 bits per heavy atom. The zero-order chi connectivity index (χ0) is 16.7. The Labute approximate surface area is 147 Å². The summed E-state index contributed by atoms with van der Waals surface area (Å²) in [6.07, 6.45) is -1.04. The Hall–Kier alpha value is -1.29. The number of carboxylic acid groups (broad SMARTS) is 1. The van der Waals surface area contributed by atoms with Crippen LogP contribution in [-0.4, -0.2) is 44.8 Å². The second-order valence-corrected chi connectivity index (χ2v) is 6.88. The topological polar surface area (TPSA) is 112 Å². The highest BCUT2D eigenvalue weighted by atomic mass is 79.9.